The van der Waals surface area contributed by atoms with E-state index in [0.717, 1.165) is 6.04 Å². The van der Waals surface area contributed by atoms with Crippen LogP contribution in [0.15, 0.2) is 0 Å². The fourth-order valence-corrected chi connectivity index (χ4v) is 3.62. The molecule has 0 aromatic rings. The van der Waals surface area contributed by atoms with Gasteiger partial charge in [0.2, 0.25) is 0 Å². The van der Waals surface area contributed by atoms with E-state index >= 15 is 0 Å². The first-order chi connectivity index (χ1) is 8.71. The first-order valence-electron chi connectivity index (χ1n) is 7.78. The molecule has 1 saturated heterocycles. The zero-order valence-corrected chi connectivity index (χ0v) is 13.6. The van der Waals surface area contributed by atoms with E-state index in [1.165, 1.54) is 56.8 Å². The average molecular weight is 273 g/mol. The van der Waals surface area contributed by atoms with Crippen molar-refractivity contribution in [1.82, 2.24) is 10.2 Å². The lowest BCUT2D eigenvalue weighted by atomic mass is 9.88. The molecule has 0 aromatic carbocycles. The van der Waals surface area contributed by atoms with E-state index in [-0.39, 0.29) is 0 Å². The molecule has 18 heavy (non-hydrogen) atoms. The lowest BCUT2D eigenvalue weighted by Gasteiger charge is -2.47. The van der Waals surface area contributed by atoms with Crippen molar-refractivity contribution < 1.29 is 0 Å². The SMILES string of the molecule is CCCC1CNC(CC)(CC)CN1CCSCC. The summed E-state index contributed by atoms with van der Waals surface area (Å²) in [7, 11) is 0. The second-order valence-corrected chi connectivity index (χ2v) is 6.87. The average Bonchev–Trinajstić information content (AvgIpc) is 2.41. The van der Waals surface area contributed by atoms with Gasteiger partial charge in [-0.1, -0.05) is 34.1 Å². The van der Waals surface area contributed by atoms with Crippen LogP contribution in [0.2, 0.25) is 0 Å². The molecule has 1 fully saturated rings. The summed E-state index contributed by atoms with van der Waals surface area (Å²) in [5, 5.41) is 3.84. The van der Waals surface area contributed by atoms with Gasteiger partial charge in [0.05, 0.1) is 0 Å². The summed E-state index contributed by atoms with van der Waals surface area (Å²) in [6, 6.07) is 0.763. The zero-order chi connectivity index (χ0) is 13.4. The molecule has 2 nitrogen and oxygen atoms in total. The van der Waals surface area contributed by atoms with Crippen LogP contribution in [0.5, 0.6) is 0 Å². The quantitative estimate of drug-likeness (QED) is 0.682. The predicted molar refractivity (Wildman–Crippen MR) is 84.6 cm³/mol. The minimum absolute atomic E-state index is 0.376. The Morgan fingerprint density at radius 3 is 2.50 bits per heavy atom. The van der Waals surface area contributed by atoms with E-state index in [2.05, 4.69) is 49.7 Å². The molecular formula is C15H32N2S. The van der Waals surface area contributed by atoms with Crippen molar-refractivity contribution in [3.8, 4) is 0 Å². The Hall–Kier alpha value is 0.270. The van der Waals surface area contributed by atoms with Gasteiger partial charge in [0, 0.05) is 37.0 Å². The Labute approximate surface area is 118 Å². The summed E-state index contributed by atoms with van der Waals surface area (Å²) in [4.78, 5) is 2.76. The first kappa shape index (κ1) is 16.3. The number of hydrogen-bond donors (Lipinski definition) is 1. The molecule has 0 aliphatic carbocycles. The lowest BCUT2D eigenvalue weighted by Crippen LogP contribution is -2.64. The second-order valence-electron chi connectivity index (χ2n) is 5.48. The third-order valence-electron chi connectivity index (χ3n) is 4.44. The molecule has 0 amide bonds. The van der Waals surface area contributed by atoms with Gasteiger partial charge in [0.25, 0.3) is 0 Å². The van der Waals surface area contributed by atoms with Crippen LogP contribution in [0, 0.1) is 0 Å². The van der Waals surface area contributed by atoms with Gasteiger partial charge in [0.15, 0.2) is 0 Å². The molecule has 0 spiro atoms. The number of nitrogens with zero attached hydrogens (tertiary/aromatic N) is 1. The molecule has 0 aromatic heterocycles. The van der Waals surface area contributed by atoms with Crippen LogP contribution in [0.3, 0.4) is 0 Å². The Balaban J connectivity index is 2.57. The van der Waals surface area contributed by atoms with Crippen molar-refractivity contribution in [2.45, 2.75) is 65.0 Å². The molecule has 0 saturated carbocycles. The van der Waals surface area contributed by atoms with Crippen LogP contribution < -0.4 is 5.32 Å². The van der Waals surface area contributed by atoms with Gasteiger partial charge in [-0.05, 0) is 25.0 Å². The van der Waals surface area contributed by atoms with Crippen LogP contribution >= 0.6 is 11.8 Å². The number of hydrogen-bond acceptors (Lipinski definition) is 3. The van der Waals surface area contributed by atoms with Crippen molar-refractivity contribution in [1.29, 1.82) is 0 Å². The standard InChI is InChI=1S/C15H32N2S/c1-5-9-14-12-16-15(6-2,7-3)13-17(14)10-11-18-8-4/h14,16H,5-13H2,1-4H3. The van der Waals surface area contributed by atoms with Crippen LogP contribution in [0.4, 0.5) is 0 Å². The third kappa shape index (κ3) is 4.43. The number of nitrogens with one attached hydrogen (secondary N) is 1. The molecule has 1 heterocycles. The maximum atomic E-state index is 3.84. The highest BCUT2D eigenvalue weighted by molar-refractivity contribution is 7.99. The largest absolute Gasteiger partial charge is 0.308 e. The molecule has 1 aliphatic rings. The molecule has 1 unspecified atom stereocenters. The van der Waals surface area contributed by atoms with Gasteiger partial charge in [-0.25, -0.2) is 0 Å². The maximum Gasteiger partial charge on any atom is 0.0304 e. The van der Waals surface area contributed by atoms with E-state index in [4.69, 9.17) is 0 Å². The molecule has 0 radical (unpaired) electrons. The summed E-state index contributed by atoms with van der Waals surface area (Å²) in [5.74, 6) is 2.54. The van der Waals surface area contributed by atoms with E-state index in [1.807, 2.05) is 0 Å². The van der Waals surface area contributed by atoms with Gasteiger partial charge in [-0.15, -0.1) is 0 Å². The molecule has 1 aliphatic heterocycles. The summed E-state index contributed by atoms with van der Waals surface area (Å²) >= 11 is 2.08. The summed E-state index contributed by atoms with van der Waals surface area (Å²) in [6.45, 7) is 12.9. The number of thioether (sulfide) groups is 1. The first-order valence-corrected chi connectivity index (χ1v) is 8.93. The van der Waals surface area contributed by atoms with Crippen molar-refractivity contribution >= 4 is 11.8 Å². The van der Waals surface area contributed by atoms with Gasteiger partial charge >= 0.3 is 0 Å². The van der Waals surface area contributed by atoms with Crippen molar-refractivity contribution in [2.24, 2.45) is 0 Å². The van der Waals surface area contributed by atoms with E-state index in [9.17, 15) is 0 Å². The Kier molecular flexibility index (Phi) is 7.66. The molecule has 1 atom stereocenters. The Morgan fingerprint density at radius 1 is 1.22 bits per heavy atom. The van der Waals surface area contributed by atoms with Crippen molar-refractivity contribution in [2.75, 3.05) is 31.1 Å². The molecule has 3 heteroatoms. The van der Waals surface area contributed by atoms with Crippen molar-refractivity contribution in [3.63, 3.8) is 0 Å². The highest BCUT2D eigenvalue weighted by Gasteiger charge is 2.35. The number of piperazine rings is 1. The van der Waals surface area contributed by atoms with Crippen LogP contribution in [0.1, 0.15) is 53.4 Å². The monoisotopic (exact) mass is 272 g/mol. The Bertz CT molecular complexity index is 217. The van der Waals surface area contributed by atoms with E-state index in [1.54, 1.807) is 0 Å². The second kappa shape index (κ2) is 8.44. The Morgan fingerprint density at radius 2 is 1.94 bits per heavy atom. The summed E-state index contributed by atoms with van der Waals surface area (Å²) in [5.41, 5.74) is 0.376. The maximum absolute atomic E-state index is 3.84. The van der Waals surface area contributed by atoms with Crippen LogP contribution in [-0.4, -0.2) is 47.6 Å². The number of rotatable bonds is 8. The summed E-state index contributed by atoms with van der Waals surface area (Å²) in [6.07, 6.45) is 5.14. The molecular weight excluding hydrogens is 240 g/mol. The zero-order valence-electron chi connectivity index (χ0n) is 12.8. The summed E-state index contributed by atoms with van der Waals surface area (Å²) < 4.78 is 0. The van der Waals surface area contributed by atoms with Crippen LogP contribution in [0.25, 0.3) is 0 Å². The topological polar surface area (TPSA) is 15.3 Å². The van der Waals surface area contributed by atoms with Gasteiger partial charge in [-0.3, -0.25) is 4.90 Å². The van der Waals surface area contributed by atoms with Gasteiger partial charge in [-0.2, -0.15) is 11.8 Å². The van der Waals surface area contributed by atoms with Crippen molar-refractivity contribution in [3.05, 3.63) is 0 Å². The fraction of sp³-hybridized carbons (Fsp3) is 1.00. The van der Waals surface area contributed by atoms with E-state index < -0.39 is 0 Å². The molecule has 108 valence electrons. The molecule has 0 bridgehead atoms. The molecule has 1 rings (SSSR count). The van der Waals surface area contributed by atoms with Gasteiger partial charge < -0.3 is 5.32 Å². The molecule has 1 N–H and O–H groups in total. The van der Waals surface area contributed by atoms with Gasteiger partial charge in [0.1, 0.15) is 0 Å². The highest BCUT2D eigenvalue weighted by atomic mass is 32.2. The minimum Gasteiger partial charge on any atom is -0.308 e. The smallest absolute Gasteiger partial charge is 0.0304 e. The third-order valence-corrected chi connectivity index (χ3v) is 5.32. The fourth-order valence-electron chi connectivity index (χ4n) is 2.97. The van der Waals surface area contributed by atoms with E-state index in [0.29, 0.717) is 5.54 Å². The minimum atomic E-state index is 0.376. The highest BCUT2D eigenvalue weighted by Crippen LogP contribution is 2.24. The van der Waals surface area contributed by atoms with Crippen LogP contribution in [-0.2, 0) is 0 Å². The predicted octanol–water partition coefficient (Wildman–Crippen LogP) is 3.37. The normalized spacial score (nSPS) is 24.3. The lowest BCUT2D eigenvalue weighted by molar-refractivity contribution is 0.0736.